The summed E-state index contributed by atoms with van der Waals surface area (Å²) in [5.41, 5.74) is 3.37. The van der Waals surface area contributed by atoms with Gasteiger partial charge in [-0.1, -0.05) is 42.3 Å². The Kier molecular flexibility index (Phi) is 14.8. The van der Waals surface area contributed by atoms with Gasteiger partial charge in [0.1, 0.15) is 42.0 Å². The molecule has 0 aromatic heterocycles. The Morgan fingerprint density at radius 1 is 1.02 bits per heavy atom. The zero-order valence-electron chi connectivity index (χ0n) is 34.0. The number of fused-ring (bicyclic) bond motifs is 2. The maximum atomic E-state index is 14.2. The van der Waals surface area contributed by atoms with Crippen molar-refractivity contribution >= 4 is 18.1 Å². The molecule has 0 spiro atoms. The van der Waals surface area contributed by atoms with Crippen LogP contribution in [0.4, 0.5) is 9.18 Å². The first-order valence-electron chi connectivity index (χ1n) is 20.4. The van der Waals surface area contributed by atoms with Crippen LogP contribution in [0.15, 0.2) is 90.1 Å². The van der Waals surface area contributed by atoms with E-state index in [2.05, 4.69) is 17.8 Å². The number of benzene rings is 3. The van der Waals surface area contributed by atoms with Gasteiger partial charge in [-0.3, -0.25) is 9.69 Å². The predicted octanol–water partition coefficient (Wildman–Crippen LogP) is 8.36. The Labute approximate surface area is 345 Å². The van der Waals surface area contributed by atoms with Crippen LogP contribution in [-0.2, 0) is 20.9 Å². The Morgan fingerprint density at radius 3 is 2.42 bits per heavy atom. The number of oxime groups is 1. The fraction of sp³-hybridized carbons (Fsp3) is 0.457. The van der Waals surface area contributed by atoms with Gasteiger partial charge in [-0.25, -0.2) is 9.18 Å². The molecule has 0 saturated heterocycles. The standard InChI is InChI=1S/C46H55FN2O10/c1-5-23-57-46-42(49(45(53)56-6-2)28-30-13-15-33(47)16-14-30)27-39(48-55-4)37-25-31(11-7-9-21-50)36(12-8-10-22-51)43(44(37)46)38-26-35(18-20-41(38)59-46)58-34-17-19-40(54-3)32(24-34)29-52/h5,13-20,24-26,29,31,36,42-44,50-51H,1,6-12,21-23,27-28H2,2-4H3/t31-,36+,42-,43+,44+,46+/m0/s1. The Hall–Kier alpha value is -5.24. The Balaban J connectivity index is 1.58. The second-order valence-electron chi connectivity index (χ2n) is 15.0. The van der Waals surface area contributed by atoms with Crippen LogP contribution in [0, 0.1) is 23.6 Å². The first-order chi connectivity index (χ1) is 28.7. The lowest BCUT2D eigenvalue weighted by molar-refractivity contribution is -0.256. The molecule has 3 aliphatic rings. The van der Waals surface area contributed by atoms with Gasteiger partial charge < -0.3 is 38.7 Å². The predicted molar refractivity (Wildman–Crippen MR) is 219 cm³/mol. The molecule has 0 bridgehead atoms. The molecule has 1 amide bonds. The third-order valence-corrected chi connectivity index (χ3v) is 11.6. The lowest BCUT2D eigenvalue weighted by Gasteiger charge is -2.59. The van der Waals surface area contributed by atoms with Gasteiger partial charge in [0, 0.05) is 37.7 Å². The van der Waals surface area contributed by atoms with Crippen molar-refractivity contribution in [1.82, 2.24) is 4.90 Å². The molecule has 2 N–H and O–H groups in total. The number of methoxy groups -OCH3 is 1. The van der Waals surface area contributed by atoms with E-state index in [1.165, 1.54) is 26.4 Å². The Morgan fingerprint density at radius 2 is 1.75 bits per heavy atom. The molecule has 3 aromatic rings. The summed E-state index contributed by atoms with van der Waals surface area (Å²) in [4.78, 5) is 33.2. The fourth-order valence-corrected chi connectivity index (χ4v) is 9.12. The van der Waals surface area contributed by atoms with Gasteiger partial charge in [-0.2, -0.15) is 0 Å². The number of nitrogens with zero attached hydrogens (tertiary/aromatic N) is 2. The average Bonchev–Trinajstić information content (AvgIpc) is 3.24. The number of aliphatic hydroxyl groups excluding tert-OH is 2. The highest BCUT2D eigenvalue weighted by Crippen LogP contribution is 2.62. The first-order valence-corrected chi connectivity index (χ1v) is 20.4. The molecule has 6 rings (SSSR count). The molecule has 1 heterocycles. The van der Waals surface area contributed by atoms with Crippen LogP contribution in [0.2, 0.25) is 0 Å². The summed E-state index contributed by atoms with van der Waals surface area (Å²) < 4.78 is 45.8. The minimum atomic E-state index is -1.51. The smallest absolute Gasteiger partial charge is 0.410 e. The molecule has 1 fully saturated rings. The summed E-state index contributed by atoms with van der Waals surface area (Å²) in [6.07, 6.45) is 8.51. The van der Waals surface area contributed by atoms with Crippen LogP contribution in [-0.4, -0.2) is 85.7 Å². The van der Waals surface area contributed by atoms with Crippen LogP contribution in [0.1, 0.15) is 79.3 Å². The second kappa shape index (κ2) is 20.1. The quantitative estimate of drug-likeness (QED) is 0.0494. The number of hydrogen-bond acceptors (Lipinski definition) is 11. The van der Waals surface area contributed by atoms with E-state index in [0.717, 1.165) is 36.8 Å². The highest BCUT2D eigenvalue weighted by Gasteiger charge is 2.65. The van der Waals surface area contributed by atoms with E-state index in [1.54, 1.807) is 54.3 Å². The van der Waals surface area contributed by atoms with Gasteiger partial charge in [0.2, 0.25) is 5.79 Å². The number of amides is 1. The summed E-state index contributed by atoms with van der Waals surface area (Å²) in [7, 11) is 2.99. The molecule has 316 valence electrons. The van der Waals surface area contributed by atoms with Crippen LogP contribution >= 0.6 is 0 Å². The molecule has 13 heteroatoms. The number of aldehydes is 1. The molecule has 59 heavy (non-hydrogen) atoms. The number of carbonyl (C=O) groups excluding carboxylic acids is 2. The molecule has 1 aliphatic heterocycles. The molecule has 3 aromatic carbocycles. The number of allylic oxidation sites excluding steroid dienone is 1. The van der Waals surface area contributed by atoms with E-state index in [9.17, 15) is 24.2 Å². The first kappa shape index (κ1) is 43.3. The summed E-state index contributed by atoms with van der Waals surface area (Å²) in [5.74, 6) is -0.840. The molecular weight excluding hydrogens is 760 g/mol. The van der Waals surface area contributed by atoms with E-state index < -0.39 is 29.7 Å². The van der Waals surface area contributed by atoms with Crippen LogP contribution in [0.3, 0.4) is 0 Å². The van der Waals surface area contributed by atoms with Crippen molar-refractivity contribution in [3.63, 3.8) is 0 Å². The van der Waals surface area contributed by atoms with Gasteiger partial charge >= 0.3 is 6.09 Å². The SMILES string of the molecule is C=CCO[C@@]12Oc3ccc(Oc4ccc(OC)c(C=O)c4)cc3[C@H]3[C@H](CCCCO)[C@@H](CCCCO)C=C(C(=NOC)C[C@@H]1N(Cc1ccc(F)cc1)C(=O)OCC)[C@H]32. The van der Waals surface area contributed by atoms with Crippen molar-refractivity contribution in [3.05, 3.63) is 107 Å². The van der Waals surface area contributed by atoms with E-state index >= 15 is 0 Å². The van der Waals surface area contributed by atoms with Crippen LogP contribution in [0.25, 0.3) is 0 Å². The lowest BCUT2D eigenvalue weighted by Crippen LogP contribution is -2.70. The Bertz CT molecular complexity index is 1990. The van der Waals surface area contributed by atoms with E-state index in [0.29, 0.717) is 59.0 Å². The maximum absolute atomic E-state index is 14.2. The highest BCUT2D eigenvalue weighted by atomic mass is 19.1. The number of carbonyl (C=O) groups is 2. The number of halogens is 1. The molecule has 1 saturated carbocycles. The van der Waals surface area contributed by atoms with Crippen molar-refractivity contribution in [2.24, 2.45) is 22.9 Å². The zero-order valence-corrected chi connectivity index (χ0v) is 34.0. The van der Waals surface area contributed by atoms with Gasteiger partial charge in [0.05, 0.1) is 37.5 Å². The van der Waals surface area contributed by atoms with Crippen molar-refractivity contribution < 1.29 is 52.7 Å². The lowest BCUT2D eigenvalue weighted by atomic mass is 9.55. The van der Waals surface area contributed by atoms with E-state index in [4.69, 9.17) is 28.5 Å². The average molecular weight is 815 g/mol. The number of aliphatic hydroxyl groups is 2. The summed E-state index contributed by atoms with van der Waals surface area (Å²) >= 11 is 0. The molecule has 0 unspecified atom stereocenters. The van der Waals surface area contributed by atoms with Crippen molar-refractivity contribution in [2.45, 2.75) is 76.2 Å². The normalized spacial score (nSPS) is 23.5. The van der Waals surface area contributed by atoms with Crippen LogP contribution in [0.5, 0.6) is 23.0 Å². The van der Waals surface area contributed by atoms with E-state index in [-0.39, 0.29) is 57.1 Å². The van der Waals surface area contributed by atoms with Gasteiger partial charge in [0.25, 0.3) is 0 Å². The van der Waals surface area contributed by atoms with Crippen LogP contribution < -0.4 is 14.2 Å². The second-order valence-corrected chi connectivity index (χ2v) is 15.0. The summed E-state index contributed by atoms with van der Waals surface area (Å²) in [6, 6.07) is 15.8. The van der Waals surface area contributed by atoms with E-state index in [1.807, 2.05) is 12.1 Å². The molecule has 6 atom stereocenters. The molecular formula is C46H55FN2O10. The van der Waals surface area contributed by atoms with Crippen molar-refractivity contribution in [2.75, 3.05) is 40.6 Å². The number of rotatable bonds is 20. The maximum Gasteiger partial charge on any atom is 0.410 e. The number of hydrogen-bond donors (Lipinski definition) is 2. The summed E-state index contributed by atoms with van der Waals surface area (Å²) in [6.45, 7) is 6.09. The third kappa shape index (κ3) is 9.32. The highest BCUT2D eigenvalue weighted by molar-refractivity contribution is 6.03. The minimum Gasteiger partial charge on any atom is -0.496 e. The summed E-state index contributed by atoms with van der Waals surface area (Å²) in [5, 5.41) is 24.3. The van der Waals surface area contributed by atoms with Gasteiger partial charge in [-0.15, -0.1) is 6.58 Å². The number of unbranched alkanes of at least 4 members (excludes halogenated alkanes) is 2. The molecule has 2 aliphatic carbocycles. The molecule has 0 radical (unpaired) electrons. The monoisotopic (exact) mass is 814 g/mol. The molecule has 12 nitrogen and oxygen atoms in total. The third-order valence-electron chi connectivity index (χ3n) is 11.6. The number of ether oxygens (including phenoxy) is 5. The van der Waals surface area contributed by atoms with Gasteiger partial charge in [-0.05, 0) is 104 Å². The van der Waals surface area contributed by atoms with Crippen molar-refractivity contribution in [3.8, 4) is 23.0 Å². The topological polar surface area (TPSA) is 146 Å². The largest absolute Gasteiger partial charge is 0.496 e. The van der Waals surface area contributed by atoms with Crippen molar-refractivity contribution in [1.29, 1.82) is 0 Å². The fourth-order valence-electron chi connectivity index (χ4n) is 9.12. The zero-order chi connectivity index (χ0) is 41.9. The van der Waals surface area contributed by atoms with Gasteiger partial charge in [0.15, 0.2) is 6.29 Å². The minimum absolute atomic E-state index is 0.0167.